The SMILES string of the molecule is NC(=S)c1cc2c(nc1Nc1cccc(Cl)c1)CCC2. The van der Waals surface area contributed by atoms with Crippen LogP contribution in [0.4, 0.5) is 11.5 Å². The van der Waals surface area contributed by atoms with Crippen molar-refractivity contribution in [3.05, 3.63) is 52.2 Å². The lowest BCUT2D eigenvalue weighted by Gasteiger charge is -2.13. The van der Waals surface area contributed by atoms with Crippen LogP contribution in [0.25, 0.3) is 0 Å². The highest BCUT2D eigenvalue weighted by Crippen LogP contribution is 2.28. The summed E-state index contributed by atoms with van der Waals surface area (Å²) in [5.74, 6) is 0.709. The zero-order valence-corrected chi connectivity index (χ0v) is 12.4. The molecule has 0 bridgehead atoms. The van der Waals surface area contributed by atoms with Gasteiger partial charge in [0, 0.05) is 16.4 Å². The number of thiocarbonyl (C=S) groups is 1. The quantitative estimate of drug-likeness (QED) is 0.851. The molecule has 1 aromatic carbocycles. The van der Waals surface area contributed by atoms with Gasteiger partial charge in [0.2, 0.25) is 0 Å². The van der Waals surface area contributed by atoms with Crippen molar-refractivity contribution in [3.63, 3.8) is 0 Å². The van der Waals surface area contributed by atoms with E-state index in [4.69, 9.17) is 29.6 Å². The molecule has 0 saturated heterocycles. The second kappa shape index (κ2) is 5.38. The molecule has 2 aromatic rings. The number of nitrogens with one attached hydrogen (secondary N) is 1. The molecule has 0 radical (unpaired) electrons. The van der Waals surface area contributed by atoms with Crippen LogP contribution in [0.15, 0.2) is 30.3 Å². The highest BCUT2D eigenvalue weighted by molar-refractivity contribution is 7.80. The standard InChI is InChI=1S/C15H14ClN3S/c16-10-4-2-5-11(8-10)18-15-12(14(17)20)7-9-3-1-6-13(9)19-15/h2,4-5,7-8H,1,3,6H2,(H2,17,20)(H,18,19). The monoisotopic (exact) mass is 303 g/mol. The molecule has 0 aliphatic heterocycles. The Bertz CT molecular complexity index is 685. The van der Waals surface area contributed by atoms with Crippen LogP contribution >= 0.6 is 23.8 Å². The van der Waals surface area contributed by atoms with Crippen LogP contribution in [0.1, 0.15) is 23.2 Å². The summed E-state index contributed by atoms with van der Waals surface area (Å²) in [7, 11) is 0. The molecule has 5 heteroatoms. The molecule has 0 amide bonds. The molecule has 0 atom stereocenters. The summed E-state index contributed by atoms with van der Waals surface area (Å²) < 4.78 is 0. The van der Waals surface area contributed by atoms with Crippen LogP contribution in [0.2, 0.25) is 5.02 Å². The molecule has 1 aromatic heterocycles. The zero-order chi connectivity index (χ0) is 14.1. The van der Waals surface area contributed by atoms with Gasteiger partial charge in [-0.15, -0.1) is 0 Å². The second-order valence-corrected chi connectivity index (χ2v) is 5.72. The molecule has 3 N–H and O–H groups in total. The number of aryl methyl sites for hydroxylation is 2. The summed E-state index contributed by atoms with van der Waals surface area (Å²) in [6.07, 6.45) is 3.20. The van der Waals surface area contributed by atoms with E-state index in [9.17, 15) is 0 Å². The third-order valence-corrected chi connectivity index (χ3v) is 3.86. The first kappa shape index (κ1) is 13.3. The molecule has 0 unspecified atom stereocenters. The number of anilines is 2. The maximum atomic E-state index is 6.00. The average Bonchev–Trinajstić information content (AvgIpc) is 2.84. The van der Waals surface area contributed by atoms with Crippen molar-refractivity contribution in [1.29, 1.82) is 0 Å². The van der Waals surface area contributed by atoms with Crippen LogP contribution in [0.5, 0.6) is 0 Å². The molecule has 1 aliphatic carbocycles. The van der Waals surface area contributed by atoms with Crippen molar-refractivity contribution >= 4 is 40.3 Å². The third kappa shape index (κ3) is 2.62. The predicted molar refractivity (Wildman–Crippen MR) is 86.9 cm³/mol. The minimum atomic E-state index is 0.358. The molecular formula is C15H14ClN3S. The normalized spacial score (nSPS) is 13.1. The van der Waals surface area contributed by atoms with Gasteiger partial charge in [-0.1, -0.05) is 29.9 Å². The van der Waals surface area contributed by atoms with E-state index in [0.29, 0.717) is 15.8 Å². The topological polar surface area (TPSA) is 50.9 Å². The lowest BCUT2D eigenvalue weighted by molar-refractivity contribution is 0.900. The molecule has 0 spiro atoms. The highest BCUT2D eigenvalue weighted by atomic mass is 35.5. The summed E-state index contributed by atoms with van der Waals surface area (Å²) >= 11 is 11.1. The minimum Gasteiger partial charge on any atom is -0.389 e. The second-order valence-electron chi connectivity index (χ2n) is 4.84. The Balaban J connectivity index is 2.01. The minimum absolute atomic E-state index is 0.358. The lowest BCUT2D eigenvalue weighted by atomic mass is 10.1. The number of hydrogen-bond donors (Lipinski definition) is 2. The molecule has 1 heterocycles. The highest BCUT2D eigenvalue weighted by Gasteiger charge is 2.17. The smallest absolute Gasteiger partial charge is 0.140 e. The number of nitrogens with zero attached hydrogens (tertiary/aromatic N) is 1. The van der Waals surface area contributed by atoms with E-state index in [2.05, 4.69) is 16.4 Å². The maximum Gasteiger partial charge on any atom is 0.140 e. The van der Waals surface area contributed by atoms with Gasteiger partial charge in [-0.05, 0) is 49.1 Å². The summed E-state index contributed by atoms with van der Waals surface area (Å²) in [5.41, 5.74) is 9.87. The molecule has 3 rings (SSSR count). The number of hydrogen-bond acceptors (Lipinski definition) is 3. The number of nitrogens with two attached hydrogens (primary N) is 1. The van der Waals surface area contributed by atoms with E-state index in [-0.39, 0.29) is 0 Å². The van der Waals surface area contributed by atoms with Gasteiger partial charge >= 0.3 is 0 Å². The molecule has 3 nitrogen and oxygen atoms in total. The first-order valence-corrected chi connectivity index (χ1v) is 7.27. The predicted octanol–water partition coefficient (Wildman–Crippen LogP) is 3.60. The van der Waals surface area contributed by atoms with E-state index in [1.54, 1.807) is 0 Å². The summed E-state index contributed by atoms with van der Waals surface area (Å²) in [6.45, 7) is 0. The van der Waals surface area contributed by atoms with Crippen molar-refractivity contribution in [2.45, 2.75) is 19.3 Å². The Morgan fingerprint density at radius 1 is 1.30 bits per heavy atom. The largest absolute Gasteiger partial charge is 0.389 e. The Kier molecular flexibility index (Phi) is 3.59. The van der Waals surface area contributed by atoms with Crippen LogP contribution in [0, 0.1) is 0 Å². The van der Waals surface area contributed by atoms with E-state index in [0.717, 1.165) is 36.2 Å². The Labute approximate surface area is 128 Å². The molecule has 1 aliphatic rings. The summed E-state index contributed by atoms with van der Waals surface area (Å²) in [5, 5.41) is 3.94. The van der Waals surface area contributed by atoms with Crippen LogP contribution in [0.3, 0.4) is 0 Å². The number of aromatic nitrogens is 1. The number of halogens is 1. The maximum absolute atomic E-state index is 6.00. The van der Waals surface area contributed by atoms with E-state index in [1.165, 1.54) is 5.56 Å². The lowest BCUT2D eigenvalue weighted by Crippen LogP contribution is -2.14. The molecule has 102 valence electrons. The van der Waals surface area contributed by atoms with Gasteiger partial charge in [0.15, 0.2) is 0 Å². The van der Waals surface area contributed by atoms with Crippen molar-refractivity contribution in [1.82, 2.24) is 4.98 Å². The third-order valence-electron chi connectivity index (χ3n) is 3.40. The van der Waals surface area contributed by atoms with Gasteiger partial charge in [-0.2, -0.15) is 0 Å². The fraction of sp³-hybridized carbons (Fsp3) is 0.200. The Hall–Kier alpha value is -1.65. The number of fused-ring (bicyclic) bond motifs is 1. The van der Waals surface area contributed by atoms with Crippen LogP contribution in [-0.4, -0.2) is 9.97 Å². The molecule has 0 fully saturated rings. The summed E-state index contributed by atoms with van der Waals surface area (Å²) in [4.78, 5) is 5.04. The van der Waals surface area contributed by atoms with Gasteiger partial charge in [0.05, 0.1) is 5.56 Å². The van der Waals surface area contributed by atoms with E-state index < -0.39 is 0 Å². The molecular weight excluding hydrogens is 290 g/mol. The van der Waals surface area contributed by atoms with Gasteiger partial charge in [-0.25, -0.2) is 4.98 Å². The van der Waals surface area contributed by atoms with Crippen molar-refractivity contribution in [2.24, 2.45) is 5.73 Å². The van der Waals surface area contributed by atoms with Crippen LogP contribution in [-0.2, 0) is 12.8 Å². The van der Waals surface area contributed by atoms with Crippen molar-refractivity contribution < 1.29 is 0 Å². The van der Waals surface area contributed by atoms with E-state index >= 15 is 0 Å². The van der Waals surface area contributed by atoms with Gasteiger partial charge < -0.3 is 11.1 Å². The first-order valence-electron chi connectivity index (χ1n) is 6.48. The number of rotatable bonds is 3. The van der Waals surface area contributed by atoms with Crippen molar-refractivity contribution in [2.75, 3.05) is 5.32 Å². The number of pyridine rings is 1. The van der Waals surface area contributed by atoms with Gasteiger partial charge in [0.1, 0.15) is 10.8 Å². The average molecular weight is 304 g/mol. The van der Waals surface area contributed by atoms with Crippen molar-refractivity contribution in [3.8, 4) is 0 Å². The fourth-order valence-corrected chi connectivity index (χ4v) is 2.80. The fourth-order valence-electron chi connectivity index (χ4n) is 2.46. The first-order chi connectivity index (χ1) is 9.63. The zero-order valence-electron chi connectivity index (χ0n) is 10.8. The van der Waals surface area contributed by atoms with E-state index in [1.807, 2.05) is 24.3 Å². The molecule has 20 heavy (non-hydrogen) atoms. The summed E-state index contributed by atoms with van der Waals surface area (Å²) in [6, 6.07) is 9.56. The molecule has 0 saturated carbocycles. The van der Waals surface area contributed by atoms with Crippen LogP contribution < -0.4 is 11.1 Å². The van der Waals surface area contributed by atoms with Gasteiger partial charge in [-0.3, -0.25) is 0 Å². The number of benzene rings is 1. The Morgan fingerprint density at radius 2 is 2.15 bits per heavy atom. The Morgan fingerprint density at radius 3 is 2.90 bits per heavy atom. The van der Waals surface area contributed by atoms with Gasteiger partial charge in [0.25, 0.3) is 0 Å².